The van der Waals surface area contributed by atoms with Crippen LogP contribution in [0.25, 0.3) is 0 Å². The summed E-state index contributed by atoms with van der Waals surface area (Å²) < 4.78 is 18.9. The Hall–Kier alpha value is -3.42. The second-order valence-electron chi connectivity index (χ2n) is 5.74. The van der Waals surface area contributed by atoms with Crippen LogP contribution in [0.5, 0.6) is 0 Å². The van der Waals surface area contributed by atoms with Crippen molar-refractivity contribution < 1.29 is 13.9 Å². The zero-order chi connectivity index (χ0) is 18.8. The number of benzene rings is 1. The van der Waals surface area contributed by atoms with E-state index in [-0.39, 0.29) is 23.6 Å². The third kappa shape index (κ3) is 3.08. The Labute approximate surface area is 147 Å². The summed E-state index contributed by atoms with van der Waals surface area (Å²) >= 11 is 0. The maximum Gasteiger partial charge on any atom is 0.337 e. The largest absolute Gasteiger partial charge is 0.458 e. The van der Waals surface area contributed by atoms with E-state index in [0.29, 0.717) is 11.3 Å². The molecule has 134 valence electrons. The number of esters is 1. The number of hydrogen-bond acceptors (Lipinski definition) is 5. The van der Waals surface area contributed by atoms with Gasteiger partial charge in [-0.05, 0) is 24.6 Å². The molecule has 0 aliphatic carbocycles. The molecule has 0 radical (unpaired) electrons. The van der Waals surface area contributed by atoms with E-state index < -0.39 is 29.0 Å². The van der Waals surface area contributed by atoms with Gasteiger partial charge in [-0.2, -0.15) is 0 Å². The lowest BCUT2D eigenvalue weighted by Gasteiger charge is -2.28. The summed E-state index contributed by atoms with van der Waals surface area (Å²) in [7, 11) is 0. The first kappa shape index (κ1) is 17.4. The fourth-order valence-electron chi connectivity index (χ4n) is 2.99. The first-order valence-corrected chi connectivity index (χ1v) is 7.80. The SMILES string of the molecule is C=CCOC(=O)C1=C(C)Nc2[nH]c(=O)[nH]c(=O)c2[C@H]1c1cccc(F)c1. The van der Waals surface area contributed by atoms with Gasteiger partial charge in [-0.15, -0.1) is 0 Å². The Morgan fingerprint density at radius 2 is 2.12 bits per heavy atom. The maximum absolute atomic E-state index is 13.8. The molecule has 0 saturated carbocycles. The van der Waals surface area contributed by atoms with Crippen LogP contribution in [0.1, 0.15) is 24.0 Å². The minimum Gasteiger partial charge on any atom is -0.458 e. The Kier molecular flexibility index (Phi) is 4.57. The molecule has 26 heavy (non-hydrogen) atoms. The third-order valence-corrected chi connectivity index (χ3v) is 4.01. The molecular weight excluding hydrogens is 341 g/mol. The molecule has 1 aromatic heterocycles. The van der Waals surface area contributed by atoms with Gasteiger partial charge >= 0.3 is 11.7 Å². The lowest BCUT2D eigenvalue weighted by molar-refractivity contribution is -0.138. The molecule has 3 N–H and O–H groups in total. The molecule has 1 aliphatic heterocycles. The summed E-state index contributed by atoms with van der Waals surface area (Å²) in [5, 5.41) is 2.85. The topological polar surface area (TPSA) is 104 Å². The summed E-state index contributed by atoms with van der Waals surface area (Å²) in [6.07, 6.45) is 1.42. The van der Waals surface area contributed by atoms with Crippen molar-refractivity contribution in [2.45, 2.75) is 12.8 Å². The standard InChI is InChI=1S/C18H16FN3O4/c1-3-7-26-17(24)12-9(2)20-15-14(16(23)22-18(25)21-15)13(12)10-5-4-6-11(19)8-10/h3-6,8,13H,1,7H2,2H3,(H3,20,21,22,23,25)/t13-/m0/s1. The molecular formula is C18H16FN3O4. The van der Waals surface area contributed by atoms with E-state index >= 15 is 0 Å². The number of aromatic nitrogens is 2. The molecule has 1 aliphatic rings. The van der Waals surface area contributed by atoms with Gasteiger partial charge in [0.1, 0.15) is 18.2 Å². The molecule has 0 unspecified atom stereocenters. The Morgan fingerprint density at radius 1 is 1.35 bits per heavy atom. The molecule has 0 bridgehead atoms. The molecule has 0 spiro atoms. The summed E-state index contributed by atoms with van der Waals surface area (Å²) in [4.78, 5) is 41.2. The van der Waals surface area contributed by atoms with E-state index in [1.165, 1.54) is 24.3 Å². The average Bonchev–Trinajstić information content (AvgIpc) is 2.58. The van der Waals surface area contributed by atoms with Crippen LogP contribution in [-0.2, 0) is 9.53 Å². The quantitative estimate of drug-likeness (QED) is 0.571. The molecule has 0 saturated heterocycles. The smallest absolute Gasteiger partial charge is 0.337 e. The van der Waals surface area contributed by atoms with Crippen molar-refractivity contribution in [3.63, 3.8) is 0 Å². The molecule has 3 rings (SSSR count). The van der Waals surface area contributed by atoms with E-state index in [1.54, 1.807) is 13.0 Å². The van der Waals surface area contributed by atoms with Gasteiger partial charge in [0.05, 0.1) is 17.1 Å². The molecule has 0 amide bonds. The van der Waals surface area contributed by atoms with Gasteiger partial charge in [-0.1, -0.05) is 24.8 Å². The molecule has 1 atom stereocenters. The number of H-pyrrole nitrogens is 2. The van der Waals surface area contributed by atoms with Crippen LogP contribution in [-0.4, -0.2) is 22.5 Å². The highest BCUT2D eigenvalue weighted by atomic mass is 19.1. The monoisotopic (exact) mass is 357 g/mol. The van der Waals surface area contributed by atoms with Crippen LogP contribution in [0.2, 0.25) is 0 Å². The van der Waals surface area contributed by atoms with Crippen molar-refractivity contribution in [1.29, 1.82) is 0 Å². The number of rotatable bonds is 4. The summed E-state index contributed by atoms with van der Waals surface area (Å²) in [6, 6.07) is 5.57. The number of halogens is 1. The van der Waals surface area contributed by atoms with Gasteiger partial charge < -0.3 is 10.1 Å². The van der Waals surface area contributed by atoms with E-state index in [2.05, 4.69) is 21.9 Å². The Morgan fingerprint density at radius 3 is 2.81 bits per heavy atom. The van der Waals surface area contributed by atoms with Crippen LogP contribution in [0.4, 0.5) is 10.2 Å². The maximum atomic E-state index is 13.8. The number of allylic oxidation sites excluding steroid dienone is 1. The summed E-state index contributed by atoms with van der Waals surface area (Å²) in [5.41, 5.74) is -0.331. The fraction of sp³-hybridized carbons (Fsp3) is 0.167. The first-order valence-electron chi connectivity index (χ1n) is 7.80. The number of hydrogen-bond donors (Lipinski definition) is 3. The highest BCUT2D eigenvalue weighted by Crippen LogP contribution is 2.39. The van der Waals surface area contributed by atoms with Gasteiger partial charge in [0.15, 0.2) is 0 Å². The van der Waals surface area contributed by atoms with Crippen molar-refractivity contribution in [2.24, 2.45) is 0 Å². The lowest BCUT2D eigenvalue weighted by Crippen LogP contribution is -2.35. The van der Waals surface area contributed by atoms with Crippen molar-refractivity contribution in [1.82, 2.24) is 9.97 Å². The van der Waals surface area contributed by atoms with Gasteiger partial charge in [-0.25, -0.2) is 14.0 Å². The van der Waals surface area contributed by atoms with Gasteiger partial charge in [0, 0.05) is 5.70 Å². The summed E-state index contributed by atoms with van der Waals surface area (Å²) in [5.74, 6) is -1.93. The second kappa shape index (κ2) is 6.83. The van der Waals surface area contributed by atoms with Gasteiger partial charge in [-0.3, -0.25) is 14.8 Å². The number of carbonyl (C=O) groups excluding carboxylic acids is 1. The van der Waals surface area contributed by atoms with Crippen LogP contribution < -0.4 is 16.6 Å². The predicted octanol–water partition coefficient (Wildman–Crippen LogP) is 1.76. The van der Waals surface area contributed by atoms with E-state index in [9.17, 15) is 18.8 Å². The molecule has 8 heteroatoms. The number of anilines is 1. The Bertz CT molecular complexity index is 1040. The lowest BCUT2D eigenvalue weighted by atomic mass is 9.82. The number of nitrogens with one attached hydrogen (secondary N) is 3. The first-order chi connectivity index (χ1) is 12.4. The zero-order valence-corrected chi connectivity index (χ0v) is 13.9. The van der Waals surface area contributed by atoms with Crippen LogP contribution in [0.3, 0.4) is 0 Å². The van der Waals surface area contributed by atoms with Crippen LogP contribution in [0.15, 0.2) is 57.8 Å². The average molecular weight is 357 g/mol. The third-order valence-electron chi connectivity index (χ3n) is 4.01. The predicted molar refractivity (Wildman–Crippen MR) is 93.4 cm³/mol. The molecule has 7 nitrogen and oxygen atoms in total. The molecule has 1 aromatic carbocycles. The number of aromatic amines is 2. The Balaban J connectivity index is 2.25. The van der Waals surface area contributed by atoms with Crippen molar-refractivity contribution in [3.8, 4) is 0 Å². The molecule has 2 heterocycles. The number of carbonyl (C=O) groups is 1. The highest BCUT2D eigenvalue weighted by molar-refractivity contribution is 5.94. The fourth-order valence-corrected chi connectivity index (χ4v) is 2.99. The van der Waals surface area contributed by atoms with E-state index in [0.717, 1.165) is 0 Å². The van der Waals surface area contributed by atoms with Crippen LogP contribution >= 0.6 is 0 Å². The highest BCUT2D eigenvalue weighted by Gasteiger charge is 2.36. The van der Waals surface area contributed by atoms with E-state index in [1.807, 2.05) is 0 Å². The van der Waals surface area contributed by atoms with Crippen molar-refractivity contribution >= 4 is 11.8 Å². The zero-order valence-electron chi connectivity index (χ0n) is 13.9. The van der Waals surface area contributed by atoms with Crippen molar-refractivity contribution in [2.75, 3.05) is 11.9 Å². The van der Waals surface area contributed by atoms with Gasteiger partial charge in [0.25, 0.3) is 5.56 Å². The van der Waals surface area contributed by atoms with Gasteiger partial charge in [0.2, 0.25) is 0 Å². The van der Waals surface area contributed by atoms with E-state index in [4.69, 9.17) is 4.74 Å². The molecule has 0 fully saturated rings. The van der Waals surface area contributed by atoms with Crippen LogP contribution in [0, 0.1) is 5.82 Å². The molecule has 2 aromatic rings. The minimum absolute atomic E-state index is 0.0136. The minimum atomic E-state index is -0.903. The van der Waals surface area contributed by atoms with Crippen molar-refractivity contribution in [3.05, 3.63) is 86.0 Å². The number of fused-ring (bicyclic) bond motifs is 1. The number of ether oxygens (including phenoxy) is 1. The summed E-state index contributed by atoms with van der Waals surface area (Å²) in [6.45, 7) is 5.09. The normalized spacial score (nSPS) is 15.8. The second-order valence-corrected chi connectivity index (χ2v) is 5.74.